The lowest BCUT2D eigenvalue weighted by molar-refractivity contribution is -0.118. The zero-order valence-corrected chi connectivity index (χ0v) is 15.8. The Morgan fingerprint density at radius 1 is 1.29 bits per heavy atom. The predicted octanol–water partition coefficient (Wildman–Crippen LogP) is 2.53. The Balaban J connectivity index is 2.32. The quantitative estimate of drug-likeness (QED) is 0.562. The topological polar surface area (TPSA) is 84.7 Å². The Kier molecular flexibility index (Phi) is 6.42. The maximum atomic E-state index is 11.0. The van der Waals surface area contributed by atoms with E-state index in [-0.39, 0.29) is 5.91 Å². The summed E-state index contributed by atoms with van der Waals surface area (Å²) in [7, 11) is 0. The number of thioether (sulfide) groups is 1. The maximum absolute atomic E-state index is 11.0. The van der Waals surface area contributed by atoms with Gasteiger partial charge in [-0.25, -0.2) is 14.6 Å². The van der Waals surface area contributed by atoms with Crippen LogP contribution in [0.4, 0.5) is 5.82 Å². The van der Waals surface area contributed by atoms with E-state index < -0.39 is 0 Å². The summed E-state index contributed by atoms with van der Waals surface area (Å²) in [6.45, 7) is 12.0. The molecule has 0 unspecified atom stereocenters. The molecule has 0 saturated carbocycles. The van der Waals surface area contributed by atoms with E-state index in [9.17, 15) is 4.79 Å². The first-order chi connectivity index (χ1) is 11.4. The molecular formula is C16H26N6OS. The molecule has 1 amide bonds. The Labute approximate surface area is 147 Å². The van der Waals surface area contributed by atoms with Crippen LogP contribution in [0.15, 0.2) is 11.4 Å². The number of hydrogen-bond acceptors (Lipinski definition) is 6. The Bertz CT molecular complexity index is 697. The zero-order chi connectivity index (χ0) is 17.7. The monoisotopic (exact) mass is 350 g/mol. The van der Waals surface area contributed by atoms with E-state index >= 15 is 0 Å². The van der Waals surface area contributed by atoms with Gasteiger partial charge in [-0.15, -0.1) is 0 Å². The number of nitrogens with one attached hydrogen (secondary N) is 2. The molecular weight excluding hydrogens is 324 g/mol. The summed E-state index contributed by atoms with van der Waals surface area (Å²) in [6, 6.07) is 0. The van der Waals surface area contributed by atoms with Gasteiger partial charge in [0.1, 0.15) is 5.82 Å². The summed E-state index contributed by atoms with van der Waals surface area (Å²) < 4.78 is 1.82. The number of nitrogens with zero attached hydrogens (tertiary/aromatic N) is 4. The average Bonchev–Trinajstić information content (AvgIpc) is 2.87. The third kappa shape index (κ3) is 5.09. The molecule has 0 aliphatic heterocycles. The highest BCUT2D eigenvalue weighted by Gasteiger charge is 2.14. The number of amides is 1. The molecule has 0 saturated heterocycles. The molecule has 2 rings (SSSR count). The van der Waals surface area contributed by atoms with Gasteiger partial charge >= 0.3 is 0 Å². The number of carbonyl (C=O) groups is 1. The first-order valence-corrected chi connectivity index (χ1v) is 9.13. The van der Waals surface area contributed by atoms with Crippen molar-refractivity contribution in [1.29, 1.82) is 0 Å². The maximum Gasteiger partial charge on any atom is 0.216 e. The van der Waals surface area contributed by atoms with Crippen LogP contribution in [0.25, 0.3) is 11.0 Å². The molecule has 24 heavy (non-hydrogen) atoms. The van der Waals surface area contributed by atoms with Gasteiger partial charge in [0.15, 0.2) is 10.8 Å². The average molecular weight is 350 g/mol. The number of hydrogen-bond donors (Lipinski definition) is 2. The van der Waals surface area contributed by atoms with Crippen LogP contribution in [-0.4, -0.2) is 44.0 Å². The van der Waals surface area contributed by atoms with Crippen LogP contribution < -0.4 is 10.6 Å². The largest absolute Gasteiger partial charge is 0.369 e. The summed E-state index contributed by atoms with van der Waals surface area (Å²) in [4.78, 5) is 20.3. The van der Waals surface area contributed by atoms with E-state index in [1.54, 1.807) is 18.0 Å². The minimum absolute atomic E-state index is 0.0450. The van der Waals surface area contributed by atoms with Gasteiger partial charge in [0, 0.05) is 25.3 Å². The van der Waals surface area contributed by atoms with Crippen LogP contribution in [0.3, 0.4) is 0 Å². The molecule has 132 valence electrons. The molecule has 0 bridgehead atoms. The van der Waals surface area contributed by atoms with Crippen LogP contribution in [0.5, 0.6) is 0 Å². The second-order valence-corrected chi connectivity index (χ2v) is 7.93. The lowest BCUT2D eigenvalue weighted by atomic mass is 10.2. The molecule has 2 N–H and O–H groups in total. The predicted molar refractivity (Wildman–Crippen MR) is 98.3 cm³/mol. The standard InChI is InChI=1S/C16H26N6OS/c1-10(2)8-18-14-13-9-19-22(7-6-17-12(5)23)15(13)21-16(20-14)24-11(3)4/h9-11H,6-8H2,1-5H3,(H,17,23)(H,18,20,21). The van der Waals surface area contributed by atoms with Crippen molar-refractivity contribution in [2.45, 2.75) is 51.6 Å². The van der Waals surface area contributed by atoms with Crippen molar-refractivity contribution < 1.29 is 4.79 Å². The zero-order valence-electron chi connectivity index (χ0n) is 15.0. The molecule has 0 aliphatic rings. The van der Waals surface area contributed by atoms with Crippen LogP contribution in [0.1, 0.15) is 34.6 Å². The number of anilines is 1. The van der Waals surface area contributed by atoms with Gasteiger partial charge in [-0.1, -0.05) is 39.5 Å². The van der Waals surface area contributed by atoms with E-state index in [0.717, 1.165) is 28.6 Å². The summed E-state index contributed by atoms with van der Waals surface area (Å²) in [5.74, 6) is 1.30. The summed E-state index contributed by atoms with van der Waals surface area (Å²) >= 11 is 1.63. The smallest absolute Gasteiger partial charge is 0.216 e. The van der Waals surface area contributed by atoms with Crippen molar-refractivity contribution in [3.63, 3.8) is 0 Å². The molecule has 7 nitrogen and oxygen atoms in total. The first kappa shape index (κ1) is 18.5. The highest BCUT2D eigenvalue weighted by atomic mass is 32.2. The van der Waals surface area contributed by atoms with Crippen molar-refractivity contribution in [3.05, 3.63) is 6.20 Å². The fourth-order valence-corrected chi connectivity index (χ4v) is 2.84. The van der Waals surface area contributed by atoms with E-state index in [1.165, 1.54) is 6.92 Å². The fourth-order valence-electron chi connectivity index (χ4n) is 2.14. The molecule has 0 spiro atoms. The van der Waals surface area contributed by atoms with E-state index in [1.807, 2.05) is 4.68 Å². The summed E-state index contributed by atoms with van der Waals surface area (Å²) in [5, 5.41) is 12.6. The van der Waals surface area contributed by atoms with Crippen LogP contribution in [0.2, 0.25) is 0 Å². The van der Waals surface area contributed by atoms with Gasteiger partial charge < -0.3 is 10.6 Å². The van der Waals surface area contributed by atoms with Crippen molar-refractivity contribution in [3.8, 4) is 0 Å². The minimum atomic E-state index is -0.0450. The van der Waals surface area contributed by atoms with Crippen LogP contribution in [0, 0.1) is 5.92 Å². The molecule has 0 fully saturated rings. The number of fused-ring (bicyclic) bond motifs is 1. The number of aromatic nitrogens is 4. The molecule has 2 aromatic heterocycles. The van der Waals surface area contributed by atoms with E-state index in [0.29, 0.717) is 24.3 Å². The number of carbonyl (C=O) groups excluding carboxylic acids is 1. The van der Waals surface area contributed by atoms with E-state index in [4.69, 9.17) is 0 Å². The van der Waals surface area contributed by atoms with Gasteiger partial charge in [-0.05, 0) is 5.92 Å². The summed E-state index contributed by atoms with van der Waals surface area (Å²) in [6.07, 6.45) is 1.79. The van der Waals surface area contributed by atoms with Crippen molar-refractivity contribution in [1.82, 2.24) is 25.1 Å². The second kappa shape index (κ2) is 8.32. The van der Waals surface area contributed by atoms with Crippen molar-refractivity contribution >= 4 is 34.5 Å². The summed E-state index contributed by atoms with van der Waals surface area (Å²) in [5.41, 5.74) is 0.796. The Morgan fingerprint density at radius 2 is 2.04 bits per heavy atom. The Hall–Kier alpha value is -1.83. The van der Waals surface area contributed by atoms with Gasteiger partial charge in [0.05, 0.1) is 18.1 Å². The molecule has 0 aliphatic carbocycles. The SMILES string of the molecule is CC(=O)NCCn1ncc2c(NCC(C)C)nc(SC(C)C)nc21. The first-order valence-electron chi connectivity index (χ1n) is 8.25. The molecule has 0 aromatic carbocycles. The molecule has 8 heteroatoms. The highest BCUT2D eigenvalue weighted by molar-refractivity contribution is 7.99. The molecule has 0 radical (unpaired) electrons. The molecule has 2 aromatic rings. The van der Waals surface area contributed by atoms with E-state index in [2.05, 4.69) is 53.4 Å². The van der Waals surface area contributed by atoms with Crippen LogP contribution >= 0.6 is 11.8 Å². The molecule has 0 atom stereocenters. The van der Waals surface area contributed by atoms with Gasteiger partial charge in [-0.3, -0.25) is 4.79 Å². The lowest BCUT2D eigenvalue weighted by Gasteiger charge is -2.12. The molecule has 2 heterocycles. The van der Waals surface area contributed by atoms with Crippen molar-refractivity contribution in [2.75, 3.05) is 18.4 Å². The normalized spacial score (nSPS) is 11.5. The number of rotatable bonds is 8. The Morgan fingerprint density at radius 3 is 2.67 bits per heavy atom. The highest BCUT2D eigenvalue weighted by Crippen LogP contribution is 2.26. The van der Waals surface area contributed by atoms with Crippen LogP contribution in [-0.2, 0) is 11.3 Å². The fraction of sp³-hybridized carbons (Fsp3) is 0.625. The third-order valence-corrected chi connectivity index (χ3v) is 4.06. The van der Waals surface area contributed by atoms with Crippen molar-refractivity contribution in [2.24, 2.45) is 5.92 Å². The minimum Gasteiger partial charge on any atom is -0.369 e. The second-order valence-electron chi connectivity index (χ2n) is 6.38. The van der Waals surface area contributed by atoms with Gasteiger partial charge in [0.25, 0.3) is 0 Å². The lowest BCUT2D eigenvalue weighted by Crippen LogP contribution is -2.24. The van der Waals surface area contributed by atoms with Gasteiger partial charge in [0.2, 0.25) is 5.91 Å². The van der Waals surface area contributed by atoms with Gasteiger partial charge in [-0.2, -0.15) is 5.10 Å². The third-order valence-electron chi connectivity index (χ3n) is 3.19.